The van der Waals surface area contributed by atoms with Crippen molar-refractivity contribution in [1.82, 2.24) is 0 Å². The number of aryl methyl sites for hydroxylation is 1. The minimum absolute atomic E-state index is 0.0702. The van der Waals surface area contributed by atoms with Gasteiger partial charge in [0.1, 0.15) is 13.1 Å². The number of para-hydroxylation sites is 1. The van der Waals surface area contributed by atoms with Crippen molar-refractivity contribution in [2.24, 2.45) is 12.8 Å². The van der Waals surface area contributed by atoms with Crippen LogP contribution in [0, 0.1) is 0 Å². The molecule has 6 heteroatoms. The summed E-state index contributed by atoms with van der Waals surface area (Å²) in [6, 6.07) is 16.2. The molecule has 3 rings (SSSR count). The second kappa shape index (κ2) is 8.67. The number of carboxylic acid groups (broad SMARTS) is 1. The molecule has 2 aromatic carbocycles. The first kappa shape index (κ1) is 20.2. The first-order chi connectivity index (χ1) is 13.9. The first-order valence-electron chi connectivity index (χ1n) is 9.34. The summed E-state index contributed by atoms with van der Waals surface area (Å²) in [7, 11) is 1.83. The molecule has 0 saturated heterocycles. The van der Waals surface area contributed by atoms with E-state index in [-0.39, 0.29) is 18.6 Å². The number of ketones is 1. The van der Waals surface area contributed by atoms with E-state index in [2.05, 4.69) is 0 Å². The quantitative estimate of drug-likeness (QED) is 0.326. The number of pyridine rings is 1. The van der Waals surface area contributed by atoms with Gasteiger partial charge in [0.25, 0.3) is 0 Å². The summed E-state index contributed by atoms with van der Waals surface area (Å²) in [6.45, 7) is 0. The van der Waals surface area contributed by atoms with Crippen LogP contribution < -0.4 is 16.0 Å². The van der Waals surface area contributed by atoms with Gasteiger partial charge in [-0.2, -0.15) is 4.57 Å². The molecule has 6 nitrogen and oxygen atoms in total. The second-order valence-electron chi connectivity index (χ2n) is 6.97. The van der Waals surface area contributed by atoms with Crippen molar-refractivity contribution in [1.29, 1.82) is 0 Å². The molecular weight excluding hydrogens is 366 g/mol. The van der Waals surface area contributed by atoms with Crippen LogP contribution in [-0.2, 0) is 11.8 Å². The lowest BCUT2D eigenvalue weighted by Crippen LogP contribution is -2.38. The van der Waals surface area contributed by atoms with E-state index in [9.17, 15) is 9.59 Å². The van der Waals surface area contributed by atoms with Crippen molar-refractivity contribution in [3.63, 3.8) is 0 Å². The topological polar surface area (TPSA) is 110 Å². The van der Waals surface area contributed by atoms with E-state index >= 15 is 0 Å². The smallest absolute Gasteiger partial charge is 0.320 e. The van der Waals surface area contributed by atoms with E-state index in [1.807, 2.05) is 78.4 Å². The number of Topliss-reactive ketones (excluding diaryl/α,β-unsaturated/α-hetero) is 1. The van der Waals surface area contributed by atoms with Crippen LogP contribution in [-0.4, -0.2) is 22.9 Å². The van der Waals surface area contributed by atoms with Crippen LogP contribution in [0.15, 0.2) is 54.6 Å². The summed E-state index contributed by atoms with van der Waals surface area (Å²) in [5.74, 6) is -1.25. The standard InChI is InChI=1S/C23H23N3O3/c1-26-20-5-3-2-4-18(20)16(9-6-15-7-10-17(24)11-8-15)14-21(26)22(27)13-12-19(25)23(28)29/h2-11,14,19,24H,12-13,25H2,1H3,(H,28,29)/p+1/t19-/m0/s1. The average molecular weight is 390 g/mol. The predicted octanol–water partition coefficient (Wildman–Crippen LogP) is 2.79. The third-order valence-electron chi connectivity index (χ3n) is 4.91. The van der Waals surface area contributed by atoms with Crippen molar-refractivity contribution in [2.45, 2.75) is 18.9 Å². The number of nitrogens with two attached hydrogens (primary N) is 2. The van der Waals surface area contributed by atoms with E-state index in [0.717, 1.165) is 22.0 Å². The van der Waals surface area contributed by atoms with Crippen LogP contribution >= 0.6 is 0 Å². The highest BCUT2D eigenvalue weighted by Crippen LogP contribution is 2.21. The number of anilines is 1. The Hall–Kier alpha value is -3.51. The molecule has 0 radical (unpaired) electrons. The molecular formula is C23H24N3O3+. The van der Waals surface area contributed by atoms with E-state index in [0.29, 0.717) is 11.4 Å². The van der Waals surface area contributed by atoms with Gasteiger partial charge in [-0.1, -0.05) is 36.4 Å². The van der Waals surface area contributed by atoms with Gasteiger partial charge in [0.2, 0.25) is 17.0 Å². The lowest BCUT2D eigenvalue weighted by molar-refractivity contribution is -0.646. The zero-order valence-corrected chi connectivity index (χ0v) is 16.2. The van der Waals surface area contributed by atoms with Gasteiger partial charge in [0.05, 0.1) is 5.39 Å². The summed E-state index contributed by atoms with van der Waals surface area (Å²) in [6.07, 6.45) is 4.10. The molecule has 0 unspecified atom stereocenters. The third-order valence-corrected chi connectivity index (χ3v) is 4.91. The fourth-order valence-electron chi connectivity index (χ4n) is 3.20. The van der Waals surface area contributed by atoms with Crippen LogP contribution in [0.3, 0.4) is 0 Å². The number of aromatic nitrogens is 1. The van der Waals surface area contributed by atoms with E-state index in [1.165, 1.54) is 0 Å². The number of nitrogen functional groups attached to an aromatic ring is 1. The Labute approximate surface area is 169 Å². The Morgan fingerprint density at radius 1 is 1.10 bits per heavy atom. The Morgan fingerprint density at radius 2 is 1.79 bits per heavy atom. The maximum Gasteiger partial charge on any atom is 0.320 e. The Bertz CT molecular complexity index is 1090. The number of aliphatic carboxylic acids is 1. The molecule has 29 heavy (non-hydrogen) atoms. The third kappa shape index (κ3) is 4.67. The zero-order valence-electron chi connectivity index (χ0n) is 16.2. The molecule has 1 heterocycles. The summed E-state index contributed by atoms with van der Waals surface area (Å²) in [5.41, 5.74) is 15.3. The molecule has 0 aliphatic carbocycles. The lowest BCUT2D eigenvalue weighted by atomic mass is 10.0. The molecule has 0 aliphatic heterocycles. The highest BCUT2D eigenvalue weighted by atomic mass is 16.4. The Kier molecular flexibility index (Phi) is 6.04. The average Bonchev–Trinajstić information content (AvgIpc) is 2.72. The normalized spacial score (nSPS) is 12.3. The zero-order chi connectivity index (χ0) is 21.0. The predicted molar refractivity (Wildman–Crippen MR) is 114 cm³/mol. The molecule has 1 aromatic heterocycles. The van der Waals surface area contributed by atoms with Crippen molar-refractivity contribution in [2.75, 3.05) is 5.73 Å². The molecule has 0 aliphatic rings. The van der Waals surface area contributed by atoms with Gasteiger partial charge in [0, 0.05) is 24.2 Å². The molecule has 5 N–H and O–H groups in total. The van der Waals surface area contributed by atoms with Gasteiger partial charge in [0.15, 0.2) is 0 Å². The van der Waals surface area contributed by atoms with Gasteiger partial charge in [-0.3, -0.25) is 9.59 Å². The maximum atomic E-state index is 12.8. The highest BCUT2D eigenvalue weighted by molar-refractivity contribution is 5.97. The van der Waals surface area contributed by atoms with Crippen LogP contribution in [0.4, 0.5) is 5.69 Å². The van der Waals surface area contributed by atoms with Crippen LogP contribution in [0.25, 0.3) is 23.1 Å². The molecule has 0 fully saturated rings. The summed E-state index contributed by atoms with van der Waals surface area (Å²) in [5, 5.41) is 9.96. The van der Waals surface area contributed by atoms with E-state index < -0.39 is 12.0 Å². The van der Waals surface area contributed by atoms with Crippen LogP contribution in [0.5, 0.6) is 0 Å². The van der Waals surface area contributed by atoms with E-state index in [1.54, 1.807) is 0 Å². The second-order valence-corrected chi connectivity index (χ2v) is 6.97. The fraction of sp³-hybridized carbons (Fsp3) is 0.174. The van der Waals surface area contributed by atoms with Gasteiger partial charge in [-0.25, -0.2) is 0 Å². The number of rotatable bonds is 7. The summed E-state index contributed by atoms with van der Waals surface area (Å²) >= 11 is 0. The van der Waals surface area contributed by atoms with Crippen LogP contribution in [0.1, 0.15) is 34.5 Å². The van der Waals surface area contributed by atoms with Crippen LogP contribution in [0.2, 0.25) is 0 Å². The minimum atomic E-state index is -1.10. The number of benzene rings is 2. The minimum Gasteiger partial charge on any atom is -0.480 e. The van der Waals surface area contributed by atoms with Gasteiger partial charge in [-0.15, -0.1) is 0 Å². The van der Waals surface area contributed by atoms with E-state index in [4.69, 9.17) is 16.6 Å². The number of carbonyl (C=O) groups is 2. The molecule has 0 bridgehead atoms. The summed E-state index contributed by atoms with van der Waals surface area (Å²) < 4.78 is 1.84. The van der Waals surface area contributed by atoms with Crippen molar-refractivity contribution in [3.8, 4) is 0 Å². The molecule has 0 amide bonds. The SMILES string of the molecule is C[n+]1c(C(=O)CC[C@H](N)C(=O)O)cc(C=Cc2ccc(N)cc2)c2ccccc21. The first-order valence-corrected chi connectivity index (χ1v) is 9.34. The van der Waals surface area contributed by atoms with Crippen molar-refractivity contribution in [3.05, 3.63) is 71.4 Å². The molecule has 1 atom stereocenters. The molecule has 0 saturated carbocycles. The van der Waals surface area contributed by atoms with Crippen molar-refractivity contribution >= 4 is 40.5 Å². The fourth-order valence-corrected chi connectivity index (χ4v) is 3.20. The Balaban J connectivity index is 1.98. The van der Waals surface area contributed by atoms with Gasteiger partial charge >= 0.3 is 5.97 Å². The monoisotopic (exact) mass is 390 g/mol. The maximum absolute atomic E-state index is 12.8. The largest absolute Gasteiger partial charge is 0.480 e. The number of carbonyl (C=O) groups excluding carboxylic acids is 1. The van der Waals surface area contributed by atoms with Gasteiger partial charge in [-0.05, 0) is 35.7 Å². The summed E-state index contributed by atoms with van der Waals surface area (Å²) in [4.78, 5) is 23.7. The number of hydrogen-bond donors (Lipinski definition) is 3. The number of nitrogens with zero attached hydrogens (tertiary/aromatic N) is 1. The highest BCUT2D eigenvalue weighted by Gasteiger charge is 2.23. The molecule has 0 spiro atoms. The Morgan fingerprint density at radius 3 is 2.48 bits per heavy atom. The molecule has 3 aromatic rings. The number of fused-ring (bicyclic) bond motifs is 1. The number of carboxylic acids is 1. The van der Waals surface area contributed by atoms with Gasteiger partial charge < -0.3 is 16.6 Å². The lowest BCUT2D eigenvalue weighted by Gasteiger charge is -2.08. The number of hydrogen-bond acceptors (Lipinski definition) is 4. The van der Waals surface area contributed by atoms with Crippen molar-refractivity contribution < 1.29 is 19.3 Å². The molecule has 148 valence electrons.